The van der Waals surface area contributed by atoms with Crippen molar-refractivity contribution >= 4 is 17.0 Å². The predicted octanol–water partition coefficient (Wildman–Crippen LogP) is 6.52. The molecule has 0 amide bonds. The summed E-state index contributed by atoms with van der Waals surface area (Å²) in [5, 5.41) is 9.48. The first-order chi connectivity index (χ1) is 22.3. The summed E-state index contributed by atoms with van der Waals surface area (Å²) in [4.78, 5) is 22.2. The van der Waals surface area contributed by atoms with Gasteiger partial charge in [-0.25, -0.2) is 23.5 Å². The second-order valence-corrected chi connectivity index (χ2v) is 11.3. The van der Waals surface area contributed by atoms with Gasteiger partial charge in [0.25, 0.3) is 0 Å². The molecule has 0 radical (unpaired) electrons. The Labute approximate surface area is 262 Å². The number of ether oxygens (including phenoxy) is 3. The van der Waals surface area contributed by atoms with E-state index in [-0.39, 0.29) is 46.9 Å². The molecule has 250 valence electrons. The van der Waals surface area contributed by atoms with Crippen molar-refractivity contribution < 1.29 is 54.8 Å². The fraction of sp³-hybridized carbons (Fsp3) is 0.387. The number of hydrogen-bond donors (Lipinski definition) is 1. The maximum Gasteiger partial charge on any atom is 0.421 e. The summed E-state index contributed by atoms with van der Waals surface area (Å²) >= 11 is 0. The average Bonchev–Trinajstić information content (AvgIpc) is 3.32. The lowest BCUT2D eigenvalue weighted by Crippen LogP contribution is -2.36. The molecule has 6 rings (SSSR count). The van der Waals surface area contributed by atoms with E-state index in [2.05, 4.69) is 14.7 Å². The van der Waals surface area contributed by atoms with Crippen LogP contribution in [0.3, 0.4) is 0 Å². The number of alkyl halides is 5. The van der Waals surface area contributed by atoms with Crippen LogP contribution < -0.4 is 9.47 Å². The van der Waals surface area contributed by atoms with Crippen molar-refractivity contribution in [2.45, 2.75) is 64.4 Å². The van der Waals surface area contributed by atoms with Crippen LogP contribution in [0.1, 0.15) is 58.0 Å². The van der Waals surface area contributed by atoms with E-state index in [0.29, 0.717) is 37.2 Å². The Morgan fingerprint density at radius 1 is 1.13 bits per heavy atom. The molecule has 9 nitrogen and oxygen atoms in total. The van der Waals surface area contributed by atoms with Gasteiger partial charge in [0, 0.05) is 24.8 Å². The first kappa shape index (κ1) is 32.5. The molecular formula is C31H27F7N4O5. The average molecular weight is 669 g/mol. The third-order valence-electron chi connectivity index (χ3n) is 8.29. The van der Waals surface area contributed by atoms with Gasteiger partial charge < -0.3 is 23.9 Å². The first-order valence-corrected chi connectivity index (χ1v) is 14.5. The molecule has 0 saturated carbocycles. The maximum absolute atomic E-state index is 15.0. The minimum atomic E-state index is -4.85. The lowest BCUT2D eigenvalue weighted by molar-refractivity contribution is -0.139. The van der Waals surface area contributed by atoms with Crippen molar-refractivity contribution in [2.24, 2.45) is 0 Å². The molecule has 0 bridgehead atoms. The SMILES string of the molecule is C[C@H]1c2nc(OCc3ccc(OC(F)F)cc3F)c(C(F)(F)F)cc2CCN1Cc1nc2c(F)cc(C(=O)O)cc2n1C[C@@H]1CCO1. The molecule has 1 saturated heterocycles. The second kappa shape index (κ2) is 12.6. The summed E-state index contributed by atoms with van der Waals surface area (Å²) in [6, 6.07) is 5.40. The van der Waals surface area contributed by atoms with E-state index in [1.165, 1.54) is 6.07 Å². The third-order valence-corrected chi connectivity index (χ3v) is 8.29. The summed E-state index contributed by atoms with van der Waals surface area (Å²) in [5.41, 5.74) is -0.719. The molecule has 1 N–H and O–H groups in total. The molecule has 0 unspecified atom stereocenters. The summed E-state index contributed by atoms with van der Waals surface area (Å²) in [5.74, 6) is -3.96. The molecule has 0 aliphatic carbocycles. The van der Waals surface area contributed by atoms with Crippen molar-refractivity contribution in [3.05, 3.63) is 81.8 Å². The van der Waals surface area contributed by atoms with Crippen LogP contribution in [0.15, 0.2) is 36.4 Å². The van der Waals surface area contributed by atoms with Gasteiger partial charge in [0.2, 0.25) is 5.88 Å². The van der Waals surface area contributed by atoms with Crippen molar-refractivity contribution in [3.8, 4) is 11.6 Å². The Morgan fingerprint density at radius 3 is 2.53 bits per heavy atom. The first-order valence-electron chi connectivity index (χ1n) is 14.5. The van der Waals surface area contributed by atoms with Crippen LogP contribution >= 0.6 is 0 Å². The van der Waals surface area contributed by atoms with E-state index in [4.69, 9.17) is 9.47 Å². The number of carboxylic acids is 1. The number of aromatic nitrogens is 3. The van der Waals surface area contributed by atoms with E-state index in [1.807, 2.05) is 4.90 Å². The van der Waals surface area contributed by atoms with Gasteiger partial charge in [0.1, 0.15) is 35.1 Å². The third kappa shape index (κ3) is 6.70. The largest absolute Gasteiger partial charge is 0.478 e. The van der Waals surface area contributed by atoms with Gasteiger partial charge >= 0.3 is 18.8 Å². The molecular weight excluding hydrogens is 641 g/mol. The number of hydrogen-bond acceptors (Lipinski definition) is 7. The zero-order valence-corrected chi connectivity index (χ0v) is 24.7. The molecule has 2 aromatic carbocycles. The molecule has 16 heteroatoms. The molecule has 1 fully saturated rings. The Hall–Kier alpha value is -4.44. The Kier molecular flexibility index (Phi) is 8.74. The van der Waals surface area contributed by atoms with Gasteiger partial charge in [-0.3, -0.25) is 4.90 Å². The van der Waals surface area contributed by atoms with Gasteiger partial charge in [-0.2, -0.15) is 22.0 Å². The molecule has 2 aliphatic heterocycles. The Morgan fingerprint density at radius 2 is 1.89 bits per heavy atom. The highest BCUT2D eigenvalue weighted by atomic mass is 19.4. The zero-order chi connectivity index (χ0) is 33.6. The fourth-order valence-corrected chi connectivity index (χ4v) is 5.73. The van der Waals surface area contributed by atoms with Crippen LogP contribution in [0.4, 0.5) is 30.7 Å². The quantitative estimate of drug-likeness (QED) is 0.191. The predicted molar refractivity (Wildman–Crippen MR) is 150 cm³/mol. The van der Waals surface area contributed by atoms with Crippen molar-refractivity contribution in [1.29, 1.82) is 0 Å². The number of carboxylic acid groups (broad SMARTS) is 1. The Bertz CT molecular complexity index is 1830. The summed E-state index contributed by atoms with van der Waals surface area (Å²) < 4.78 is 113. The van der Waals surface area contributed by atoms with E-state index >= 15 is 0 Å². The number of nitrogens with zero attached hydrogens (tertiary/aromatic N) is 4. The number of halogens is 7. The van der Waals surface area contributed by atoms with Gasteiger partial charge in [-0.05, 0) is 55.7 Å². The maximum atomic E-state index is 15.0. The van der Waals surface area contributed by atoms with Gasteiger partial charge in [-0.15, -0.1) is 0 Å². The number of pyridine rings is 1. The fourth-order valence-electron chi connectivity index (χ4n) is 5.73. The summed E-state index contributed by atoms with van der Waals surface area (Å²) in [6.07, 6.45) is -4.10. The highest BCUT2D eigenvalue weighted by Gasteiger charge is 2.39. The highest BCUT2D eigenvalue weighted by Crippen LogP contribution is 2.40. The van der Waals surface area contributed by atoms with E-state index in [1.54, 1.807) is 11.5 Å². The molecule has 4 aromatic rings. The Balaban J connectivity index is 1.29. The topological polar surface area (TPSA) is 98.9 Å². The molecule has 0 spiro atoms. The zero-order valence-electron chi connectivity index (χ0n) is 24.7. The smallest absolute Gasteiger partial charge is 0.421 e. The number of rotatable bonds is 10. The van der Waals surface area contributed by atoms with E-state index < -0.39 is 60.2 Å². The monoisotopic (exact) mass is 668 g/mol. The van der Waals surface area contributed by atoms with Crippen molar-refractivity contribution in [2.75, 3.05) is 13.2 Å². The van der Waals surface area contributed by atoms with Gasteiger partial charge in [-0.1, -0.05) is 0 Å². The number of benzene rings is 2. The van der Waals surface area contributed by atoms with Crippen molar-refractivity contribution in [3.63, 3.8) is 0 Å². The lowest BCUT2D eigenvalue weighted by Gasteiger charge is -2.35. The standard InChI is InChI=1S/C31H27F7N4O5/c1-15-26-16(8-21(31(36,37)38)28(40-26)46-14-17-2-3-19(11-22(17)32)47-30(34)35)4-6-41(15)13-25-39-27-23(33)9-18(29(43)44)10-24(27)42(25)12-20-5-7-45-20/h2-3,8-11,15,20,30H,4-7,12-14H2,1H3,(H,43,44)/t15-,20-/m0/s1. The van der Waals surface area contributed by atoms with Crippen LogP contribution in [0.5, 0.6) is 11.6 Å². The molecule has 2 aliphatic rings. The van der Waals surface area contributed by atoms with Crippen LogP contribution in [-0.2, 0) is 37.0 Å². The van der Waals surface area contributed by atoms with Crippen LogP contribution in [0.2, 0.25) is 0 Å². The van der Waals surface area contributed by atoms with Gasteiger partial charge in [0.15, 0.2) is 5.82 Å². The number of carbonyl (C=O) groups is 1. The lowest BCUT2D eigenvalue weighted by atomic mass is 9.97. The highest BCUT2D eigenvalue weighted by molar-refractivity contribution is 5.92. The van der Waals surface area contributed by atoms with Crippen molar-refractivity contribution in [1.82, 2.24) is 19.4 Å². The minimum Gasteiger partial charge on any atom is -0.478 e. The van der Waals surface area contributed by atoms with Crippen LogP contribution in [0.25, 0.3) is 11.0 Å². The van der Waals surface area contributed by atoms with Crippen LogP contribution in [-0.4, -0.2) is 56.4 Å². The summed E-state index contributed by atoms with van der Waals surface area (Å²) in [7, 11) is 0. The van der Waals surface area contributed by atoms with E-state index in [0.717, 1.165) is 30.7 Å². The second-order valence-electron chi connectivity index (χ2n) is 11.3. The normalized spacial score (nSPS) is 18.3. The molecule has 4 heterocycles. The number of fused-ring (bicyclic) bond motifs is 2. The van der Waals surface area contributed by atoms with E-state index in [9.17, 15) is 40.6 Å². The molecule has 47 heavy (non-hydrogen) atoms. The minimum absolute atomic E-state index is 0.0148. The van der Waals surface area contributed by atoms with Gasteiger partial charge in [0.05, 0.1) is 42.0 Å². The molecule has 2 atom stereocenters. The number of aromatic carboxylic acids is 1. The number of imidazole rings is 1. The molecule has 2 aromatic heterocycles. The summed E-state index contributed by atoms with van der Waals surface area (Å²) in [6.45, 7) is -0.848. The van der Waals surface area contributed by atoms with Crippen LogP contribution in [0, 0.1) is 11.6 Å².